The number of hydrogen-bond donors (Lipinski definition) is 2. The van der Waals surface area contributed by atoms with Gasteiger partial charge in [0, 0.05) is 30.9 Å². The van der Waals surface area contributed by atoms with Gasteiger partial charge >= 0.3 is 0 Å². The van der Waals surface area contributed by atoms with Gasteiger partial charge in [0.2, 0.25) is 5.91 Å². The maximum absolute atomic E-state index is 12.9. The molecule has 0 aliphatic rings. The standard InChI is InChI=1S/C20H21N7O4/c1-3-26(4-2)16(28)11-27-18-13(10-14(17(21)29)20(27)31)12(7-9-22-18)19(30)24-15-6-5-8-23-25-15/h5-10H,3-4,11H2,1-2H3,(H2,21,29)(H,24,25,30). The lowest BCUT2D eigenvalue weighted by molar-refractivity contribution is -0.131. The van der Waals surface area contributed by atoms with E-state index in [-0.39, 0.29) is 40.4 Å². The Balaban J connectivity index is 2.16. The van der Waals surface area contributed by atoms with Crippen LogP contribution in [0.3, 0.4) is 0 Å². The van der Waals surface area contributed by atoms with Crippen LogP contribution in [0.4, 0.5) is 5.82 Å². The zero-order valence-electron chi connectivity index (χ0n) is 17.0. The van der Waals surface area contributed by atoms with Gasteiger partial charge in [-0.1, -0.05) is 0 Å². The molecule has 3 aromatic heterocycles. The lowest BCUT2D eigenvalue weighted by Gasteiger charge is -2.20. The molecule has 0 aliphatic heterocycles. The van der Waals surface area contributed by atoms with Gasteiger partial charge in [-0.2, -0.15) is 5.10 Å². The first kappa shape index (κ1) is 21.6. The van der Waals surface area contributed by atoms with Gasteiger partial charge in [0.05, 0.1) is 5.56 Å². The van der Waals surface area contributed by atoms with Crippen LogP contribution in [0.25, 0.3) is 11.0 Å². The van der Waals surface area contributed by atoms with Crippen LogP contribution in [0.1, 0.15) is 34.6 Å². The van der Waals surface area contributed by atoms with Crippen molar-refractivity contribution in [3.63, 3.8) is 0 Å². The minimum atomic E-state index is -0.972. The summed E-state index contributed by atoms with van der Waals surface area (Å²) in [6.45, 7) is 4.19. The summed E-state index contributed by atoms with van der Waals surface area (Å²) in [5, 5.41) is 10.3. The number of nitrogens with two attached hydrogens (primary N) is 1. The lowest BCUT2D eigenvalue weighted by Crippen LogP contribution is -2.38. The van der Waals surface area contributed by atoms with Crippen molar-refractivity contribution in [1.82, 2.24) is 24.6 Å². The number of anilines is 1. The number of amides is 3. The van der Waals surface area contributed by atoms with Gasteiger partial charge < -0.3 is 16.0 Å². The van der Waals surface area contributed by atoms with Gasteiger partial charge in [0.1, 0.15) is 17.8 Å². The monoisotopic (exact) mass is 423 g/mol. The van der Waals surface area contributed by atoms with Crippen molar-refractivity contribution < 1.29 is 14.4 Å². The molecular formula is C20H21N7O4. The third-order valence-corrected chi connectivity index (χ3v) is 4.72. The number of likely N-dealkylation sites (N-methyl/N-ethyl adjacent to an activating group) is 1. The molecule has 3 aromatic rings. The number of carbonyl (C=O) groups excluding carboxylic acids is 3. The van der Waals surface area contributed by atoms with Crippen molar-refractivity contribution in [3.8, 4) is 0 Å². The summed E-state index contributed by atoms with van der Waals surface area (Å²) in [4.78, 5) is 56.0. The number of nitrogens with one attached hydrogen (secondary N) is 1. The van der Waals surface area contributed by atoms with Crippen molar-refractivity contribution in [2.75, 3.05) is 18.4 Å². The summed E-state index contributed by atoms with van der Waals surface area (Å²) in [7, 11) is 0. The molecule has 160 valence electrons. The molecule has 0 fully saturated rings. The third kappa shape index (κ3) is 4.39. The van der Waals surface area contributed by atoms with E-state index in [0.29, 0.717) is 13.1 Å². The summed E-state index contributed by atoms with van der Waals surface area (Å²) in [6.07, 6.45) is 2.80. The maximum Gasteiger partial charge on any atom is 0.265 e. The Labute approximate surface area is 176 Å². The van der Waals surface area contributed by atoms with Crippen LogP contribution in [0.15, 0.2) is 41.5 Å². The molecular weight excluding hydrogens is 402 g/mol. The normalized spacial score (nSPS) is 10.6. The van der Waals surface area contributed by atoms with E-state index < -0.39 is 17.4 Å². The predicted octanol–water partition coefficient (Wildman–Crippen LogP) is 0.406. The molecule has 0 radical (unpaired) electrons. The summed E-state index contributed by atoms with van der Waals surface area (Å²) < 4.78 is 1.06. The highest BCUT2D eigenvalue weighted by molar-refractivity contribution is 6.12. The first-order chi connectivity index (χ1) is 14.9. The van der Waals surface area contributed by atoms with Gasteiger partial charge in [-0.25, -0.2) is 4.98 Å². The fourth-order valence-electron chi connectivity index (χ4n) is 3.15. The van der Waals surface area contributed by atoms with Crippen LogP contribution in [0, 0.1) is 0 Å². The van der Waals surface area contributed by atoms with Crippen LogP contribution in [0.2, 0.25) is 0 Å². The topological polar surface area (TPSA) is 153 Å². The molecule has 11 nitrogen and oxygen atoms in total. The van der Waals surface area contributed by atoms with Crippen molar-refractivity contribution in [3.05, 3.63) is 58.1 Å². The molecule has 11 heteroatoms. The summed E-state index contributed by atoms with van der Waals surface area (Å²) in [6, 6.07) is 5.81. The molecule has 0 bridgehead atoms. The minimum Gasteiger partial charge on any atom is -0.365 e. The third-order valence-electron chi connectivity index (χ3n) is 4.72. The van der Waals surface area contributed by atoms with Crippen molar-refractivity contribution >= 4 is 34.6 Å². The molecule has 3 heterocycles. The summed E-state index contributed by atoms with van der Waals surface area (Å²) in [5.74, 6) is -1.63. The van der Waals surface area contributed by atoms with E-state index in [1.807, 2.05) is 13.8 Å². The average Bonchev–Trinajstić information content (AvgIpc) is 2.76. The molecule has 0 unspecified atom stereocenters. The first-order valence-electron chi connectivity index (χ1n) is 9.56. The number of rotatable bonds is 7. The number of fused-ring (bicyclic) bond motifs is 1. The summed E-state index contributed by atoms with van der Waals surface area (Å²) >= 11 is 0. The van der Waals surface area contributed by atoms with Crippen molar-refractivity contribution in [2.45, 2.75) is 20.4 Å². The number of nitrogens with zero attached hydrogens (tertiary/aromatic N) is 5. The van der Waals surface area contributed by atoms with E-state index in [2.05, 4.69) is 20.5 Å². The Bertz CT molecular complexity index is 1200. The fourth-order valence-corrected chi connectivity index (χ4v) is 3.15. The van der Waals surface area contributed by atoms with Crippen molar-refractivity contribution in [2.24, 2.45) is 5.73 Å². The first-order valence-corrected chi connectivity index (χ1v) is 9.56. The molecule has 0 saturated carbocycles. The van der Waals surface area contributed by atoms with Crippen LogP contribution in [0.5, 0.6) is 0 Å². The number of hydrogen-bond acceptors (Lipinski definition) is 7. The molecule has 3 N–H and O–H groups in total. The smallest absolute Gasteiger partial charge is 0.265 e. The largest absolute Gasteiger partial charge is 0.365 e. The highest BCUT2D eigenvalue weighted by atomic mass is 16.2. The Morgan fingerprint density at radius 2 is 1.87 bits per heavy atom. The predicted molar refractivity (Wildman–Crippen MR) is 112 cm³/mol. The van der Waals surface area contributed by atoms with Gasteiger partial charge in [0.15, 0.2) is 5.82 Å². The number of aromatic nitrogens is 4. The second-order valence-electron chi connectivity index (χ2n) is 6.54. The SMILES string of the molecule is CCN(CC)C(=O)Cn1c(=O)c(C(N)=O)cc2c(C(=O)Nc3cccnn3)ccnc21. The van der Waals surface area contributed by atoms with Gasteiger partial charge in [-0.3, -0.25) is 23.7 Å². The quantitative estimate of drug-likeness (QED) is 0.558. The van der Waals surface area contributed by atoms with E-state index in [4.69, 9.17) is 5.73 Å². The van der Waals surface area contributed by atoms with E-state index in [9.17, 15) is 19.2 Å². The van der Waals surface area contributed by atoms with Crippen LogP contribution < -0.4 is 16.6 Å². The van der Waals surface area contributed by atoms with E-state index in [1.54, 1.807) is 17.0 Å². The zero-order valence-corrected chi connectivity index (χ0v) is 17.0. The Morgan fingerprint density at radius 1 is 1.13 bits per heavy atom. The molecule has 0 saturated heterocycles. The van der Waals surface area contributed by atoms with E-state index in [0.717, 1.165) is 4.57 Å². The van der Waals surface area contributed by atoms with E-state index >= 15 is 0 Å². The fraction of sp³-hybridized carbons (Fsp3) is 0.250. The molecule has 0 spiro atoms. The summed E-state index contributed by atoms with van der Waals surface area (Å²) in [5.41, 5.74) is 4.50. The Morgan fingerprint density at radius 3 is 2.48 bits per heavy atom. The Hall–Kier alpha value is -4.15. The molecule has 31 heavy (non-hydrogen) atoms. The average molecular weight is 423 g/mol. The number of pyridine rings is 2. The van der Waals surface area contributed by atoms with E-state index in [1.165, 1.54) is 24.5 Å². The maximum atomic E-state index is 12.9. The highest BCUT2D eigenvalue weighted by Gasteiger charge is 2.21. The second kappa shape index (κ2) is 9.11. The lowest BCUT2D eigenvalue weighted by atomic mass is 10.1. The molecule has 3 rings (SSSR count). The second-order valence-corrected chi connectivity index (χ2v) is 6.54. The molecule has 3 amide bonds. The van der Waals surface area contributed by atoms with Crippen LogP contribution in [-0.4, -0.2) is 55.5 Å². The molecule has 0 aliphatic carbocycles. The number of primary amides is 1. The van der Waals surface area contributed by atoms with Gasteiger partial charge in [-0.05, 0) is 38.1 Å². The van der Waals surface area contributed by atoms with Crippen LogP contribution >= 0.6 is 0 Å². The number of carbonyl (C=O) groups is 3. The molecule has 0 atom stereocenters. The minimum absolute atomic E-state index is 0.0855. The van der Waals surface area contributed by atoms with Crippen molar-refractivity contribution in [1.29, 1.82) is 0 Å². The highest BCUT2D eigenvalue weighted by Crippen LogP contribution is 2.18. The molecule has 0 aromatic carbocycles. The zero-order chi connectivity index (χ0) is 22.5. The van der Waals surface area contributed by atoms with Crippen LogP contribution in [-0.2, 0) is 11.3 Å². The van der Waals surface area contributed by atoms with Gasteiger partial charge in [0.25, 0.3) is 17.4 Å². The van der Waals surface area contributed by atoms with Gasteiger partial charge in [-0.15, -0.1) is 5.10 Å². The Kier molecular flexibility index (Phi) is 6.34.